The van der Waals surface area contributed by atoms with E-state index in [2.05, 4.69) is 0 Å². The van der Waals surface area contributed by atoms with Gasteiger partial charge in [0.1, 0.15) is 41.3 Å². The van der Waals surface area contributed by atoms with Crippen molar-refractivity contribution in [3.63, 3.8) is 0 Å². The second-order valence-electron chi connectivity index (χ2n) is 11.3. The zero-order valence-electron chi connectivity index (χ0n) is 27.6. The maximum Gasteiger partial charge on any atom is 0.308 e. The van der Waals surface area contributed by atoms with Crippen molar-refractivity contribution in [1.82, 2.24) is 0 Å². The fraction of sp³-hybridized carbons (Fsp3) is 0.424. The molecule has 2 aromatic carbocycles. The Balaban J connectivity index is 1.44. The Bertz CT molecular complexity index is 1730. The van der Waals surface area contributed by atoms with Crippen LogP contribution in [0.1, 0.15) is 57.5 Å². The van der Waals surface area contributed by atoms with Crippen molar-refractivity contribution in [3.8, 4) is 23.0 Å². The zero-order chi connectivity index (χ0) is 36.5. The predicted molar refractivity (Wildman–Crippen MR) is 160 cm³/mol. The van der Waals surface area contributed by atoms with E-state index in [-0.39, 0.29) is 28.6 Å². The van der Waals surface area contributed by atoms with Crippen LogP contribution in [0.25, 0.3) is 0 Å². The van der Waals surface area contributed by atoms with E-state index in [1.165, 1.54) is 43.3 Å². The lowest BCUT2D eigenvalue weighted by Crippen LogP contribution is -2.63. The number of epoxide rings is 1. The van der Waals surface area contributed by atoms with Crippen molar-refractivity contribution in [2.45, 2.75) is 84.1 Å². The summed E-state index contributed by atoms with van der Waals surface area (Å²) >= 11 is 0. The van der Waals surface area contributed by atoms with Gasteiger partial charge in [0, 0.05) is 53.7 Å². The SMILES string of the molecule is CC(=O)OC[C@H]1O[C@@H](Oc2ccc([C@@]34O[C@@H]3Oc3cc(OC(C)=O)cc(OC(C)=O)c3C4=O)cc2)[C@H](OC(C)=O)[C@@H](OC(C)=O)[C@@H]1OC(C)=O. The molecular formula is C33H32O17. The number of carbonyl (C=O) groups excluding carboxylic acids is 7. The van der Waals surface area contributed by atoms with E-state index in [0.717, 1.165) is 34.6 Å². The fourth-order valence-corrected chi connectivity index (χ4v) is 5.58. The smallest absolute Gasteiger partial charge is 0.308 e. The molecule has 0 aliphatic carbocycles. The molecule has 2 saturated heterocycles. The van der Waals surface area contributed by atoms with Gasteiger partial charge >= 0.3 is 35.8 Å². The molecule has 17 heteroatoms. The number of benzene rings is 2. The van der Waals surface area contributed by atoms with Crippen LogP contribution in [0.5, 0.6) is 23.0 Å². The molecule has 17 nitrogen and oxygen atoms in total. The van der Waals surface area contributed by atoms with Crippen molar-refractivity contribution in [1.29, 1.82) is 0 Å². The number of carbonyl (C=O) groups is 7. The number of ether oxygens (including phenoxy) is 10. The number of fused-ring (bicyclic) bond motifs is 2. The first-order chi connectivity index (χ1) is 23.6. The Morgan fingerprint density at radius 3 is 1.88 bits per heavy atom. The highest BCUT2D eigenvalue weighted by Gasteiger charge is 2.69. The van der Waals surface area contributed by atoms with E-state index in [0.29, 0.717) is 5.56 Å². The van der Waals surface area contributed by atoms with E-state index >= 15 is 0 Å². The van der Waals surface area contributed by atoms with Gasteiger partial charge in [0.25, 0.3) is 0 Å². The standard InChI is InChI=1S/C33H32O17/c1-14(34)41-13-25-27(44-17(4)37)28(45-18(5)38)29(46-19(6)39)31(48-25)47-21-9-7-20(8-10-21)33-30(40)26-23(43-16(3)36)11-22(42-15(2)35)12-24(26)49-32(33)50-33/h7-12,25,27-29,31-32H,13H2,1-6H3/t25-,27-,28+,29-,31-,32+,33+/m1/s1. The molecule has 266 valence electrons. The van der Waals surface area contributed by atoms with Crippen LogP contribution in [0, 0.1) is 0 Å². The Morgan fingerprint density at radius 1 is 0.700 bits per heavy atom. The third-order valence-electron chi connectivity index (χ3n) is 7.40. The number of rotatable bonds is 10. The number of Topliss-reactive ketones (excluding diaryl/α,β-unsaturated/α-hetero) is 1. The van der Waals surface area contributed by atoms with Gasteiger partial charge in [-0.2, -0.15) is 0 Å². The molecule has 0 saturated carbocycles. The number of hydrogen-bond donors (Lipinski definition) is 0. The topological polar surface area (TPSA) is 215 Å². The summed E-state index contributed by atoms with van der Waals surface area (Å²) in [6.45, 7) is 6.31. The summed E-state index contributed by atoms with van der Waals surface area (Å²) in [6.07, 6.45) is -8.07. The van der Waals surface area contributed by atoms with Gasteiger partial charge in [-0.05, 0) is 17.7 Å². The molecule has 0 radical (unpaired) electrons. The monoisotopic (exact) mass is 700 g/mol. The fourth-order valence-electron chi connectivity index (χ4n) is 5.58. The minimum Gasteiger partial charge on any atom is -0.463 e. The lowest BCUT2D eigenvalue weighted by Gasteiger charge is -2.43. The van der Waals surface area contributed by atoms with Crippen molar-refractivity contribution in [2.24, 2.45) is 0 Å². The Hall–Kier alpha value is -5.55. The van der Waals surface area contributed by atoms with Gasteiger partial charge in [0.2, 0.25) is 30.1 Å². The molecule has 2 fully saturated rings. The van der Waals surface area contributed by atoms with Crippen LogP contribution in [0.3, 0.4) is 0 Å². The van der Waals surface area contributed by atoms with Crippen molar-refractivity contribution in [3.05, 3.63) is 47.5 Å². The minimum atomic E-state index is -1.63. The van der Waals surface area contributed by atoms with Crippen LogP contribution in [0.15, 0.2) is 36.4 Å². The summed E-state index contributed by atoms with van der Waals surface area (Å²) in [5, 5.41) is 0. The normalized spacial score (nSPS) is 26.1. The van der Waals surface area contributed by atoms with Gasteiger partial charge < -0.3 is 47.4 Å². The summed E-state index contributed by atoms with van der Waals surface area (Å²) in [6, 6.07) is 8.38. The van der Waals surface area contributed by atoms with Gasteiger partial charge in [-0.25, -0.2) is 0 Å². The lowest BCUT2D eigenvalue weighted by atomic mass is 9.87. The van der Waals surface area contributed by atoms with E-state index in [9.17, 15) is 33.6 Å². The van der Waals surface area contributed by atoms with Gasteiger partial charge in [0.05, 0.1) is 0 Å². The summed E-state index contributed by atoms with van der Waals surface area (Å²) in [7, 11) is 0. The molecule has 7 atom stereocenters. The molecule has 0 bridgehead atoms. The second-order valence-corrected chi connectivity index (χ2v) is 11.3. The van der Waals surface area contributed by atoms with E-state index in [1.54, 1.807) is 0 Å². The second kappa shape index (κ2) is 14.1. The average molecular weight is 701 g/mol. The largest absolute Gasteiger partial charge is 0.463 e. The van der Waals surface area contributed by atoms with Crippen LogP contribution in [-0.4, -0.2) is 85.2 Å². The van der Waals surface area contributed by atoms with E-state index < -0.39 is 90.8 Å². The molecule has 0 N–H and O–H groups in total. The van der Waals surface area contributed by atoms with Crippen LogP contribution in [0.2, 0.25) is 0 Å². The Kier molecular flexibility index (Phi) is 10.1. The molecule has 2 aromatic rings. The molecule has 3 aliphatic rings. The van der Waals surface area contributed by atoms with Gasteiger partial charge in [-0.15, -0.1) is 0 Å². The minimum absolute atomic E-state index is 0.0165. The van der Waals surface area contributed by atoms with Gasteiger partial charge in [0.15, 0.2) is 12.2 Å². The Morgan fingerprint density at radius 2 is 1.30 bits per heavy atom. The first-order valence-corrected chi connectivity index (χ1v) is 15.1. The highest BCUT2D eigenvalue weighted by molar-refractivity contribution is 6.10. The first kappa shape index (κ1) is 35.7. The summed E-state index contributed by atoms with van der Waals surface area (Å²) in [4.78, 5) is 85.1. The maximum absolute atomic E-state index is 13.9. The molecule has 0 amide bonds. The third kappa shape index (κ3) is 7.52. The molecule has 3 aliphatic heterocycles. The van der Waals surface area contributed by atoms with Gasteiger partial charge in [-0.1, -0.05) is 12.1 Å². The molecule has 50 heavy (non-hydrogen) atoms. The summed E-state index contributed by atoms with van der Waals surface area (Å²) in [5.41, 5.74) is -1.41. The highest BCUT2D eigenvalue weighted by Crippen LogP contribution is 2.56. The Labute approximate surface area is 283 Å². The average Bonchev–Trinajstić information content (AvgIpc) is 3.74. The molecular weight excluding hydrogens is 668 g/mol. The molecule has 0 spiro atoms. The summed E-state index contributed by atoms with van der Waals surface area (Å²) < 4.78 is 55.3. The zero-order valence-corrected chi connectivity index (χ0v) is 27.6. The van der Waals surface area contributed by atoms with Crippen LogP contribution < -0.4 is 18.9 Å². The molecule has 5 rings (SSSR count). The number of hydrogen-bond acceptors (Lipinski definition) is 17. The van der Waals surface area contributed by atoms with E-state index in [1.807, 2.05) is 0 Å². The van der Waals surface area contributed by atoms with Crippen LogP contribution in [0.4, 0.5) is 0 Å². The predicted octanol–water partition coefficient (Wildman–Crippen LogP) is 1.83. The highest BCUT2D eigenvalue weighted by atomic mass is 16.8. The van der Waals surface area contributed by atoms with Crippen LogP contribution >= 0.6 is 0 Å². The quantitative estimate of drug-likeness (QED) is 0.149. The molecule has 3 heterocycles. The maximum atomic E-state index is 13.9. The first-order valence-electron chi connectivity index (χ1n) is 15.1. The number of esters is 6. The molecule has 0 unspecified atom stereocenters. The van der Waals surface area contributed by atoms with Crippen molar-refractivity contribution >= 4 is 41.6 Å². The third-order valence-corrected chi connectivity index (χ3v) is 7.40. The van der Waals surface area contributed by atoms with E-state index in [4.69, 9.17) is 47.4 Å². The van der Waals surface area contributed by atoms with Crippen molar-refractivity contribution in [2.75, 3.05) is 6.61 Å². The van der Waals surface area contributed by atoms with Crippen LogP contribution in [-0.2, 0) is 62.8 Å². The number of ketones is 1. The molecule has 0 aromatic heterocycles. The lowest BCUT2D eigenvalue weighted by molar-refractivity contribution is -0.288. The summed E-state index contributed by atoms with van der Waals surface area (Å²) in [5.74, 6) is -5.18. The van der Waals surface area contributed by atoms with Crippen molar-refractivity contribution < 1.29 is 80.9 Å². The van der Waals surface area contributed by atoms with Gasteiger partial charge in [-0.3, -0.25) is 33.6 Å².